The number of halogens is 3. The van der Waals surface area contributed by atoms with Crippen LogP contribution in [0.25, 0.3) is 16.8 Å². The highest BCUT2D eigenvalue weighted by Gasteiger charge is 2.46. The average Bonchev–Trinajstić information content (AvgIpc) is 3.62. The van der Waals surface area contributed by atoms with E-state index in [0.29, 0.717) is 50.4 Å². The molecule has 45 heavy (non-hydrogen) atoms. The molecule has 2 saturated heterocycles. The first-order valence-electron chi connectivity index (χ1n) is 14.7. The van der Waals surface area contributed by atoms with Crippen LogP contribution in [0, 0.1) is 19.3 Å². The van der Waals surface area contributed by atoms with Gasteiger partial charge in [0.15, 0.2) is 0 Å². The summed E-state index contributed by atoms with van der Waals surface area (Å²) in [5, 5.41) is 16.9. The van der Waals surface area contributed by atoms with Crippen molar-refractivity contribution in [3.63, 3.8) is 0 Å². The first-order chi connectivity index (χ1) is 21.4. The van der Waals surface area contributed by atoms with Crippen LogP contribution < -0.4 is 20.7 Å². The molecule has 10 nitrogen and oxygen atoms in total. The van der Waals surface area contributed by atoms with Crippen LogP contribution in [-0.4, -0.2) is 62.7 Å². The topological polar surface area (TPSA) is 131 Å². The molecular weight excluding hydrogens is 587 g/mol. The largest absolute Gasteiger partial charge is 0.480 e. The van der Waals surface area contributed by atoms with Crippen molar-refractivity contribution in [2.24, 2.45) is 5.41 Å². The number of anilines is 2. The van der Waals surface area contributed by atoms with Gasteiger partial charge in [0.05, 0.1) is 11.4 Å². The van der Waals surface area contributed by atoms with Crippen molar-refractivity contribution in [1.29, 1.82) is 0 Å². The number of nitrogens with one attached hydrogen (secondary N) is 1. The summed E-state index contributed by atoms with van der Waals surface area (Å²) in [6.07, 6.45) is -3.64. The zero-order valence-corrected chi connectivity index (χ0v) is 24.9. The zero-order valence-electron chi connectivity index (χ0n) is 24.9. The maximum Gasteiger partial charge on any atom is 0.429 e. The van der Waals surface area contributed by atoms with Crippen LogP contribution in [0.5, 0.6) is 5.88 Å². The molecule has 6 rings (SSSR count). The molecule has 2 atom stereocenters. The van der Waals surface area contributed by atoms with Crippen molar-refractivity contribution in [3.05, 3.63) is 77.6 Å². The van der Waals surface area contributed by atoms with Gasteiger partial charge in [0.2, 0.25) is 17.9 Å². The maximum absolute atomic E-state index is 14.8. The third-order valence-electron chi connectivity index (χ3n) is 8.72. The van der Waals surface area contributed by atoms with Crippen molar-refractivity contribution in [3.8, 4) is 22.7 Å². The smallest absolute Gasteiger partial charge is 0.429 e. The van der Waals surface area contributed by atoms with Gasteiger partial charge >= 0.3 is 12.1 Å². The zero-order chi connectivity index (χ0) is 31.9. The maximum atomic E-state index is 14.8. The summed E-state index contributed by atoms with van der Waals surface area (Å²) in [7, 11) is 0. The lowest BCUT2D eigenvalue weighted by Gasteiger charge is -2.39. The van der Waals surface area contributed by atoms with E-state index in [4.69, 9.17) is 10.5 Å². The van der Waals surface area contributed by atoms with Crippen LogP contribution in [0.3, 0.4) is 0 Å². The third kappa shape index (κ3) is 6.44. The second-order valence-corrected chi connectivity index (χ2v) is 12.0. The van der Waals surface area contributed by atoms with Gasteiger partial charge in [0.1, 0.15) is 11.9 Å². The number of aliphatic carboxylic acids is 1. The number of benzene rings is 2. The van der Waals surface area contributed by atoms with Crippen LogP contribution in [0.1, 0.15) is 42.2 Å². The van der Waals surface area contributed by atoms with Gasteiger partial charge in [0.25, 0.3) is 0 Å². The lowest BCUT2D eigenvalue weighted by atomic mass is 9.76. The molecule has 0 bridgehead atoms. The van der Waals surface area contributed by atoms with Gasteiger partial charge in [-0.2, -0.15) is 28.2 Å². The number of ether oxygens (including phenoxy) is 1. The van der Waals surface area contributed by atoms with E-state index in [9.17, 15) is 23.1 Å². The van der Waals surface area contributed by atoms with E-state index < -0.39 is 24.3 Å². The Hall–Kier alpha value is -4.65. The van der Waals surface area contributed by atoms with Gasteiger partial charge in [-0.05, 0) is 61.8 Å². The number of aromatic nitrogens is 4. The van der Waals surface area contributed by atoms with Crippen molar-refractivity contribution in [2.75, 3.05) is 30.3 Å². The highest BCUT2D eigenvalue weighted by atomic mass is 19.4. The number of nitrogens with zero attached hydrogens (tertiary/aromatic N) is 5. The Morgan fingerprint density at radius 3 is 2.40 bits per heavy atom. The van der Waals surface area contributed by atoms with E-state index in [1.165, 1.54) is 16.8 Å². The number of rotatable bonds is 7. The van der Waals surface area contributed by atoms with Crippen LogP contribution in [0.2, 0.25) is 0 Å². The number of carboxylic acid groups (broad SMARTS) is 1. The van der Waals surface area contributed by atoms with Crippen LogP contribution in [0.15, 0.2) is 60.8 Å². The fraction of sp³-hybridized carbons (Fsp3) is 0.375. The van der Waals surface area contributed by atoms with Gasteiger partial charge in [-0.15, -0.1) is 0 Å². The molecule has 2 aliphatic rings. The lowest BCUT2D eigenvalue weighted by molar-refractivity contribution is -0.198. The highest BCUT2D eigenvalue weighted by molar-refractivity contribution is 5.74. The monoisotopic (exact) mass is 621 g/mol. The minimum Gasteiger partial charge on any atom is -0.480 e. The molecule has 4 N–H and O–H groups in total. The number of nitrogens with two attached hydrogens (primary N) is 1. The van der Waals surface area contributed by atoms with E-state index in [1.807, 2.05) is 36.1 Å². The number of carbonyl (C=O) groups is 1. The van der Waals surface area contributed by atoms with E-state index >= 15 is 0 Å². The molecule has 4 heterocycles. The number of aryl methyl sites for hydroxylation is 2. The predicted molar refractivity (Wildman–Crippen MR) is 162 cm³/mol. The normalized spacial score (nSPS) is 18.7. The van der Waals surface area contributed by atoms with Crippen LogP contribution in [-0.2, 0) is 4.79 Å². The molecule has 1 spiro atoms. The first-order valence-corrected chi connectivity index (χ1v) is 14.7. The van der Waals surface area contributed by atoms with Gasteiger partial charge in [-0.25, -0.2) is 4.68 Å². The fourth-order valence-electron chi connectivity index (χ4n) is 6.20. The van der Waals surface area contributed by atoms with E-state index in [0.717, 1.165) is 16.7 Å². The summed E-state index contributed by atoms with van der Waals surface area (Å²) >= 11 is 0. The van der Waals surface area contributed by atoms with Gasteiger partial charge < -0.3 is 25.8 Å². The standard InChI is InChI=1S/C32H34F3N7O3/c1-19-3-5-21(6-4-19)22-7-8-23(25(15-22)42-12-9-20(2)40-42)28(32(33,34)35)45-27-16-26(38-30(36)39-27)41-13-10-31(11-14-41)17-24(29(43)44)37-18-31/h3-9,12,15-16,24,28,37H,10-11,13-14,17-18H2,1-2H3,(H,43,44)(H2,36,38,39)/t24-,28?/m0/s1. The second-order valence-electron chi connectivity index (χ2n) is 12.0. The third-order valence-corrected chi connectivity index (χ3v) is 8.72. The number of hydrogen-bond acceptors (Lipinski definition) is 8. The Bertz CT molecular complexity index is 1700. The van der Waals surface area contributed by atoms with Crippen molar-refractivity contribution in [1.82, 2.24) is 25.1 Å². The predicted octanol–water partition coefficient (Wildman–Crippen LogP) is 5.24. The number of piperidine rings is 1. The number of carboxylic acids is 1. The Morgan fingerprint density at radius 1 is 1.07 bits per heavy atom. The fourth-order valence-corrected chi connectivity index (χ4v) is 6.20. The van der Waals surface area contributed by atoms with Crippen molar-refractivity contribution in [2.45, 2.75) is 51.4 Å². The summed E-state index contributed by atoms with van der Waals surface area (Å²) in [6, 6.07) is 15.0. The van der Waals surface area contributed by atoms with Gasteiger partial charge in [0, 0.05) is 37.5 Å². The second kappa shape index (κ2) is 11.7. The minimum atomic E-state index is -4.81. The molecule has 0 aliphatic carbocycles. The molecule has 236 valence electrons. The average molecular weight is 622 g/mol. The number of alkyl halides is 3. The molecule has 2 fully saturated rings. The Labute approximate surface area is 258 Å². The quantitative estimate of drug-likeness (QED) is 0.253. The number of hydrogen-bond donors (Lipinski definition) is 3. The molecule has 0 amide bonds. The molecule has 0 saturated carbocycles. The number of nitrogen functional groups attached to an aromatic ring is 1. The molecule has 2 aliphatic heterocycles. The molecule has 4 aromatic rings. The highest BCUT2D eigenvalue weighted by Crippen LogP contribution is 2.42. The minimum absolute atomic E-state index is 0.137. The van der Waals surface area contributed by atoms with Crippen LogP contribution >= 0.6 is 0 Å². The first kappa shape index (κ1) is 30.4. The van der Waals surface area contributed by atoms with Crippen molar-refractivity contribution >= 4 is 17.7 Å². The van der Waals surface area contributed by atoms with E-state index in [-0.39, 0.29) is 28.5 Å². The van der Waals surface area contributed by atoms with Gasteiger partial charge in [-0.3, -0.25) is 4.79 Å². The SMILES string of the molecule is Cc1ccc(-c2ccc(C(Oc3cc(N4CCC5(CC4)CN[C@H](C(=O)O)C5)nc(N)n3)C(F)(F)F)c(-n3ccc(C)n3)c2)cc1. The lowest BCUT2D eigenvalue weighted by Crippen LogP contribution is -2.41. The summed E-state index contributed by atoms with van der Waals surface area (Å²) in [4.78, 5) is 21.7. The molecule has 13 heteroatoms. The van der Waals surface area contributed by atoms with Gasteiger partial charge in [-0.1, -0.05) is 42.0 Å². The summed E-state index contributed by atoms with van der Waals surface area (Å²) in [6.45, 7) is 5.41. The Kier molecular flexibility index (Phi) is 7.89. The molecular formula is C32H34F3N7O3. The summed E-state index contributed by atoms with van der Waals surface area (Å²) < 4.78 is 51.4. The molecule has 1 unspecified atom stereocenters. The summed E-state index contributed by atoms with van der Waals surface area (Å²) in [5.41, 5.74) is 9.21. The molecule has 2 aromatic heterocycles. The van der Waals surface area contributed by atoms with Crippen molar-refractivity contribution < 1.29 is 27.8 Å². The summed E-state index contributed by atoms with van der Waals surface area (Å²) in [5.74, 6) is -1.03. The van der Waals surface area contributed by atoms with E-state index in [1.54, 1.807) is 31.3 Å². The Morgan fingerprint density at radius 2 is 1.78 bits per heavy atom. The molecule has 0 radical (unpaired) electrons. The van der Waals surface area contributed by atoms with Crippen LogP contribution in [0.4, 0.5) is 24.9 Å². The van der Waals surface area contributed by atoms with E-state index in [2.05, 4.69) is 20.4 Å². The Balaban J connectivity index is 1.30. The molecule has 2 aromatic carbocycles.